The van der Waals surface area contributed by atoms with Crippen molar-refractivity contribution in [3.8, 4) is 11.4 Å². The van der Waals surface area contributed by atoms with E-state index in [4.69, 9.17) is 0 Å². The van der Waals surface area contributed by atoms with Crippen LogP contribution in [0.25, 0.3) is 11.4 Å². The summed E-state index contributed by atoms with van der Waals surface area (Å²) in [6.07, 6.45) is 0. The lowest BCUT2D eigenvalue weighted by Crippen LogP contribution is -2.42. The quantitative estimate of drug-likeness (QED) is 0.706. The number of imide groups is 1. The van der Waals surface area contributed by atoms with Crippen LogP contribution in [0.5, 0.6) is 0 Å². The third kappa shape index (κ3) is 5.53. The van der Waals surface area contributed by atoms with Crippen LogP contribution in [-0.4, -0.2) is 38.5 Å². The summed E-state index contributed by atoms with van der Waals surface area (Å²) >= 11 is 1.18. The van der Waals surface area contributed by atoms with E-state index in [0.29, 0.717) is 29.6 Å². The molecule has 0 bridgehead atoms. The molecule has 1 aromatic heterocycles. The number of hydrogen-bond donors (Lipinski definition) is 2. The van der Waals surface area contributed by atoms with Crippen molar-refractivity contribution in [2.75, 3.05) is 6.54 Å². The van der Waals surface area contributed by atoms with Crippen LogP contribution in [0.3, 0.4) is 0 Å². The van der Waals surface area contributed by atoms with Gasteiger partial charge in [-0.25, -0.2) is 9.18 Å². The Morgan fingerprint density at radius 3 is 2.56 bits per heavy atom. The first-order valence-electron chi connectivity index (χ1n) is 8.76. The highest BCUT2D eigenvalue weighted by atomic mass is 32.2. The summed E-state index contributed by atoms with van der Waals surface area (Å²) < 4.78 is 16.0. The fraction of sp³-hybridized carbons (Fsp3) is 0.444. The van der Waals surface area contributed by atoms with E-state index >= 15 is 0 Å². The van der Waals surface area contributed by atoms with Crippen molar-refractivity contribution in [1.29, 1.82) is 0 Å². The molecule has 27 heavy (non-hydrogen) atoms. The van der Waals surface area contributed by atoms with Gasteiger partial charge in [-0.05, 0) is 31.9 Å². The van der Waals surface area contributed by atoms with E-state index in [1.807, 2.05) is 18.4 Å². The zero-order chi connectivity index (χ0) is 20.0. The zero-order valence-corrected chi connectivity index (χ0v) is 16.6. The Morgan fingerprint density at radius 2 is 1.93 bits per heavy atom. The van der Waals surface area contributed by atoms with Crippen LogP contribution >= 0.6 is 11.8 Å². The van der Waals surface area contributed by atoms with Crippen molar-refractivity contribution in [3.63, 3.8) is 0 Å². The fourth-order valence-electron chi connectivity index (χ4n) is 2.38. The molecule has 0 aliphatic rings. The monoisotopic (exact) mass is 393 g/mol. The molecule has 2 rings (SSSR count). The van der Waals surface area contributed by atoms with Crippen LogP contribution in [0.2, 0.25) is 0 Å². The molecule has 1 aromatic carbocycles. The molecule has 146 valence electrons. The molecule has 3 amide bonds. The maximum absolute atomic E-state index is 14.2. The van der Waals surface area contributed by atoms with Crippen molar-refractivity contribution < 1.29 is 14.0 Å². The van der Waals surface area contributed by atoms with Gasteiger partial charge in [-0.1, -0.05) is 37.7 Å². The molecule has 0 aliphatic carbocycles. The number of carbonyl (C=O) groups is 2. The Bertz CT molecular complexity index is 809. The second kappa shape index (κ2) is 9.50. The maximum atomic E-state index is 14.2. The van der Waals surface area contributed by atoms with Crippen LogP contribution in [-0.2, 0) is 11.3 Å². The molecule has 2 N–H and O–H groups in total. The highest BCUT2D eigenvalue weighted by molar-refractivity contribution is 8.00. The van der Waals surface area contributed by atoms with E-state index in [0.717, 1.165) is 0 Å². The second-order valence-corrected chi connectivity index (χ2v) is 7.71. The summed E-state index contributed by atoms with van der Waals surface area (Å²) in [6.45, 7) is 8.51. The lowest BCUT2D eigenvalue weighted by Gasteiger charge is -2.15. The number of nitrogens with zero attached hydrogens (tertiary/aromatic N) is 3. The van der Waals surface area contributed by atoms with Gasteiger partial charge in [0.1, 0.15) is 5.82 Å². The molecule has 0 saturated carbocycles. The zero-order valence-electron chi connectivity index (χ0n) is 15.8. The smallest absolute Gasteiger partial charge is 0.321 e. The number of halogens is 1. The van der Waals surface area contributed by atoms with Crippen LogP contribution < -0.4 is 10.6 Å². The van der Waals surface area contributed by atoms with Gasteiger partial charge in [-0.2, -0.15) is 0 Å². The van der Waals surface area contributed by atoms with Crippen LogP contribution in [0.15, 0.2) is 29.4 Å². The second-order valence-electron chi connectivity index (χ2n) is 6.40. The van der Waals surface area contributed by atoms with Crippen LogP contribution in [0, 0.1) is 11.7 Å². The molecule has 0 saturated heterocycles. The molecule has 0 unspecified atom stereocenters. The topological polar surface area (TPSA) is 88.9 Å². The largest absolute Gasteiger partial charge is 0.338 e. The third-order valence-corrected chi connectivity index (χ3v) is 4.69. The minimum absolute atomic E-state index is 0.269. The Hall–Kier alpha value is -2.42. The molecule has 0 aliphatic heterocycles. The lowest BCUT2D eigenvalue weighted by atomic mass is 10.2. The highest BCUT2D eigenvalue weighted by Crippen LogP contribution is 2.29. The summed E-state index contributed by atoms with van der Waals surface area (Å²) in [5.41, 5.74) is 0.358. The minimum Gasteiger partial charge on any atom is -0.338 e. The molecular weight excluding hydrogens is 369 g/mol. The summed E-state index contributed by atoms with van der Waals surface area (Å²) in [4.78, 5) is 23.7. The van der Waals surface area contributed by atoms with E-state index < -0.39 is 17.2 Å². The van der Waals surface area contributed by atoms with Crippen molar-refractivity contribution in [1.82, 2.24) is 25.4 Å². The number of benzene rings is 1. The summed E-state index contributed by atoms with van der Waals surface area (Å²) in [7, 11) is 0. The Labute approximate surface area is 162 Å². The molecular formula is C18H24FN5O2S. The number of hydrogen-bond acceptors (Lipinski definition) is 5. The van der Waals surface area contributed by atoms with E-state index in [1.54, 1.807) is 32.0 Å². The molecule has 1 heterocycles. The maximum Gasteiger partial charge on any atom is 0.321 e. The Balaban J connectivity index is 2.25. The molecule has 0 fully saturated rings. The normalized spacial score (nSPS) is 12.1. The van der Waals surface area contributed by atoms with Crippen molar-refractivity contribution in [3.05, 3.63) is 30.1 Å². The SMILES string of the molecule is CCNC(=O)NC(=O)[C@@H](C)Sc1nnc(-c2ccccc2F)n1CC(C)C. The first-order chi connectivity index (χ1) is 12.8. The van der Waals surface area contributed by atoms with Gasteiger partial charge < -0.3 is 9.88 Å². The van der Waals surface area contributed by atoms with E-state index in [2.05, 4.69) is 20.8 Å². The highest BCUT2D eigenvalue weighted by Gasteiger charge is 2.23. The van der Waals surface area contributed by atoms with Crippen molar-refractivity contribution in [2.45, 2.75) is 44.6 Å². The predicted octanol–water partition coefficient (Wildman–Crippen LogP) is 3.07. The van der Waals surface area contributed by atoms with E-state index in [9.17, 15) is 14.0 Å². The molecule has 7 nitrogen and oxygen atoms in total. The number of thioether (sulfide) groups is 1. The molecule has 2 aromatic rings. The van der Waals surface area contributed by atoms with Gasteiger partial charge in [-0.15, -0.1) is 10.2 Å². The van der Waals surface area contributed by atoms with Gasteiger partial charge >= 0.3 is 6.03 Å². The number of urea groups is 1. The first-order valence-corrected chi connectivity index (χ1v) is 9.64. The van der Waals surface area contributed by atoms with Gasteiger partial charge in [0.05, 0.1) is 10.8 Å². The van der Waals surface area contributed by atoms with Crippen LogP contribution in [0.4, 0.5) is 9.18 Å². The van der Waals surface area contributed by atoms with Gasteiger partial charge in [0.2, 0.25) is 5.91 Å². The lowest BCUT2D eigenvalue weighted by molar-refractivity contribution is -0.119. The Morgan fingerprint density at radius 1 is 1.22 bits per heavy atom. The van der Waals surface area contributed by atoms with Crippen molar-refractivity contribution in [2.24, 2.45) is 5.92 Å². The molecule has 0 spiro atoms. The molecule has 9 heteroatoms. The number of nitrogens with one attached hydrogen (secondary N) is 2. The molecule has 0 radical (unpaired) electrons. The number of carbonyl (C=O) groups excluding carboxylic acids is 2. The predicted molar refractivity (Wildman–Crippen MR) is 103 cm³/mol. The van der Waals surface area contributed by atoms with E-state index in [1.165, 1.54) is 17.8 Å². The Kier molecular flexibility index (Phi) is 7.35. The summed E-state index contributed by atoms with van der Waals surface area (Å²) in [5, 5.41) is 13.0. The number of rotatable bonds is 7. The summed E-state index contributed by atoms with van der Waals surface area (Å²) in [5.74, 6) is -0.128. The van der Waals surface area contributed by atoms with Crippen molar-refractivity contribution >= 4 is 23.7 Å². The van der Waals surface area contributed by atoms with Gasteiger partial charge in [0.15, 0.2) is 11.0 Å². The fourth-order valence-corrected chi connectivity index (χ4v) is 3.24. The van der Waals surface area contributed by atoms with Crippen LogP contribution in [0.1, 0.15) is 27.7 Å². The third-order valence-electron chi connectivity index (χ3n) is 3.60. The number of amides is 3. The van der Waals surface area contributed by atoms with Gasteiger partial charge in [-0.3, -0.25) is 10.1 Å². The van der Waals surface area contributed by atoms with E-state index in [-0.39, 0.29) is 11.7 Å². The number of aromatic nitrogens is 3. The minimum atomic E-state index is -0.573. The average Bonchev–Trinajstić information content (AvgIpc) is 2.97. The van der Waals surface area contributed by atoms with Gasteiger partial charge in [0.25, 0.3) is 0 Å². The molecule has 1 atom stereocenters. The summed E-state index contributed by atoms with van der Waals surface area (Å²) in [6, 6.07) is 5.84. The average molecular weight is 393 g/mol. The van der Waals surface area contributed by atoms with Gasteiger partial charge in [0, 0.05) is 13.1 Å². The first kappa shape index (κ1) is 20.9. The standard InChI is InChI=1S/C18H24FN5O2S/c1-5-20-17(26)21-16(25)12(4)27-18-23-22-15(24(18)10-11(2)3)13-8-6-7-9-14(13)19/h6-9,11-12H,5,10H2,1-4H3,(H2,20,21,25,26)/t12-/m1/s1.